The van der Waals surface area contributed by atoms with Gasteiger partial charge in [-0.3, -0.25) is 4.90 Å². The predicted molar refractivity (Wildman–Crippen MR) is 105 cm³/mol. The molecule has 0 N–H and O–H groups in total. The quantitative estimate of drug-likeness (QED) is 0.801. The second-order valence-electron chi connectivity index (χ2n) is 7.37. The first kappa shape index (κ1) is 18.6. The summed E-state index contributed by atoms with van der Waals surface area (Å²) in [6.45, 7) is 6.05. The first-order valence-electron chi connectivity index (χ1n) is 9.20. The first-order chi connectivity index (χ1) is 12.5. The molecule has 0 unspecified atom stereocenters. The van der Waals surface area contributed by atoms with Crippen LogP contribution in [-0.4, -0.2) is 38.8 Å². The Kier molecular flexibility index (Phi) is 5.72. The van der Waals surface area contributed by atoms with E-state index in [9.17, 15) is 0 Å². The molecule has 0 saturated carbocycles. The van der Waals surface area contributed by atoms with Crippen LogP contribution in [0.2, 0.25) is 0 Å². The SMILES string of the molecule is COc1cc2c(cc1OC)-c1ccccc1OC[C@H](CC(C)C)N(C)C2. The second kappa shape index (κ2) is 8.00. The third kappa shape index (κ3) is 3.80. The van der Waals surface area contributed by atoms with Crippen molar-refractivity contribution in [3.05, 3.63) is 42.0 Å². The van der Waals surface area contributed by atoms with Crippen LogP contribution < -0.4 is 14.2 Å². The van der Waals surface area contributed by atoms with Crippen LogP contribution in [0.25, 0.3) is 11.1 Å². The fourth-order valence-electron chi connectivity index (χ4n) is 3.62. The van der Waals surface area contributed by atoms with E-state index in [2.05, 4.69) is 50.1 Å². The highest BCUT2D eigenvalue weighted by Gasteiger charge is 2.24. The molecule has 0 aliphatic carbocycles. The van der Waals surface area contributed by atoms with Gasteiger partial charge >= 0.3 is 0 Å². The maximum atomic E-state index is 6.27. The number of ether oxygens (including phenoxy) is 3. The Morgan fingerprint density at radius 3 is 2.46 bits per heavy atom. The maximum Gasteiger partial charge on any atom is 0.161 e. The molecule has 4 nitrogen and oxygen atoms in total. The van der Waals surface area contributed by atoms with Crippen molar-refractivity contribution < 1.29 is 14.2 Å². The van der Waals surface area contributed by atoms with E-state index in [1.807, 2.05) is 12.1 Å². The third-order valence-electron chi connectivity index (χ3n) is 5.00. The molecular weight excluding hydrogens is 326 g/mol. The van der Waals surface area contributed by atoms with Gasteiger partial charge in [0.05, 0.1) is 14.2 Å². The van der Waals surface area contributed by atoms with Crippen LogP contribution in [0.1, 0.15) is 25.8 Å². The summed E-state index contributed by atoms with van der Waals surface area (Å²) < 4.78 is 17.4. The zero-order valence-corrected chi connectivity index (χ0v) is 16.4. The molecule has 0 fully saturated rings. The molecule has 3 rings (SSSR count). The number of methoxy groups -OCH3 is 2. The van der Waals surface area contributed by atoms with Gasteiger partial charge in [0.2, 0.25) is 0 Å². The summed E-state index contributed by atoms with van der Waals surface area (Å²) in [7, 11) is 5.53. The Labute approximate surface area is 156 Å². The van der Waals surface area contributed by atoms with Gasteiger partial charge in [-0.05, 0) is 48.7 Å². The fourth-order valence-corrected chi connectivity index (χ4v) is 3.62. The van der Waals surface area contributed by atoms with Crippen LogP contribution in [-0.2, 0) is 6.54 Å². The molecule has 1 aliphatic rings. The number of nitrogens with zero attached hydrogens (tertiary/aromatic N) is 1. The minimum atomic E-state index is 0.363. The van der Waals surface area contributed by atoms with Crippen molar-refractivity contribution in [2.24, 2.45) is 5.92 Å². The second-order valence-corrected chi connectivity index (χ2v) is 7.37. The van der Waals surface area contributed by atoms with Crippen LogP contribution in [0.4, 0.5) is 0 Å². The third-order valence-corrected chi connectivity index (χ3v) is 5.00. The van der Waals surface area contributed by atoms with Crippen LogP contribution in [0.3, 0.4) is 0 Å². The van der Waals surface area contributed by atoms with E-state index in [1.54, 1.807) is 14.2 Å². The van der Waals surface area contributed by atoms with Crippen LogP contribution in [0.15, 0.2) is 36.4 Å². The molecule has 0 saturated heterocycles. The molecule has 0 aromatic heterocycles. The van der Waals surface area contributed by atoms with Crippen LogP contribution in [0.5, 0.6) is 17.2 Å². The van der Waals surface area contributed by atoms with Crippen molar-refractivity contribution in [3.63, 3.8) is 0 Å². The highest BCUT2D eigenvalue weighted by molar-refractivity contribution is 5.76. The summed E-state index contributed by atoms with van der Waals surface area (Å²) >= 11 is 0. The molecule has 1 aliphatic heterocycles. The van der Waals surface area contributed by atoms with Gasteiger partial charge in [-0.1, -0.05) is 32.0 Å². The van der Waals surface area contributed by atoms with E-state index < -0.39 is 0 Å². The first-order valence-corrected chi connectivity index (χ1v) is 9.20. The van der Waals surface area contributed by atoms with E-state index in [1.165, 1.54) is 5.56 Å². The molecule has 0 bridgehead atoms. The van der Waals surface area contributed by atoms with Gasteiger partial charge in [0, 0.05) is 18.2 Å². The fraction of sp³-hybridized carbons (Fsp3) is 0.455. The summed E-state index contributed by atoms with van der Waals surface area (Å²) in [5.74, 6) is 3.04. The maximum absolute atomic E-state index is 6.27. The van der Waals surface area contributed by atoms with Crippen molar-refractivity contribution in [1.29, 1.82) is 0 Å². The number of hydrogen-bond donors (Lipinski definition) is 0. The van der Waals surface area contributed by atoms with Crippen LogP contribution >= 0.6 is 0 Å². The molecular formula is C22H29NO3. The zero-order valence-electron chi connectivity index (χ0n) is 16.4. The van der Waals surface area contributed by atoms with Crippen molar-refractivity contribution in [2.75, 3.05) is 27.9 Å². The molecule has 2 aromatic carbocycles. The zero-order chi connectivity index (χ0) is 18.7. The Bertz CT molecular complexity index is 757. The predicted octanol–water partition coefficient (Wildman–Crippen LogP) is 4.61. The highest BCUT2D eigenvalue weighted by atomic mass is 16.5. The summed E-state index contributed by atoms with van der Waals surface area (Å²) in [5.41, 5.74) is 3.45. The van der Waals surface area contributed by atoms with Gasteiger partial charge in [0.15, 0.2) is 11.5 Å². The Balaban J connectivity index is 2.13. The standard InChI is InChI=1S/C22H29NO3/c1-15(2)10-17-14-26-20-9-7-6-8-18(20)19-12-22(25-5)21(24-4)11-16(19)13-23(17)3/h6-9,11-12,15,17H,10,13-14H2,1-5H3/t17-/m0/s1. The minimum absolute atomic E-state index is 0.363. The minimum Gasteiger partial charge on any atom is -0.493 e. The molecule has 1 atom stereocenters. The number of benzene rings is 2. The number of fused-ring (bicyclic) bond motifs is 3. The van der Waals surface area contributed by atoms with Gasteiger partial charge in [0.25, 0.3) is 0 Å². The summed E-state index contributed by atoms with van der Waals surface area (Å²) in [6, 6.07) is 12.8. The normalized spacial score (nSPS) is 17.4. The van der Waals surface area contributed by atoms with E-state index in [-0.39, 0.29) is 0 Å². The van der Waals surface area contributed by atoms with Gasteiger partial charge in [-0.2, -0.15) is 0 Å². The molecule has 0 amide bonds. The molecule has 0 radical (unpaired) electrons. The lowest BCUT2D eigenvalue weighted by atomic mass is 9.97. The van der Waals surface area contributed by atoms with E-state index in [4.69, 9.17) is 14.2 Å². The summed E-state index contributed by atoms with van der Waals surface area (Å²) in [6.07, 6.45) is 1.10. The highest BCUT2D eigenvalue weighted by Crippen LogP contribution is 2.40. The van der Waals surface area contributed by atoms with Gasteiger partial charge in [-0.25, -0.2) is 0 Å². The van der Waals surface area contributed by atoms with Crippen molar-refractivity contribution in [3.8, 4) is 28.4 Å². The number of rotatable bonds is 4. The average molecular weight is 355 g/mol. The average Bonchev–Trinajstić information content (AvgIpc) is 2.68. The Morgan fingerprint density at radius 2 is 1.77 bits per heavy atom. The van der Waals surface area contributed by atoms with Crippen molar-refractivity contribution in [1.82, 2.24) is 4.90 Å². The topological polar surface area (TPSA) is 30.9 Å². The van der Waals surface area contributed by atoms with Gasteiger partial charge < -0.3 is 14.2 Å². The molecule has 140 valence electrons. The summed E-state index contributed by atoms with van der Waals surface area (Å²) in [5, 5.41) is 0. The van der Waals surface area contributed by atoms with E-state index >= 15 is 0 Å². The smallest absolute Gasteiger partial charge is 0.161 e. The van der Waals surface area contributed by atoms with Crippen molar-refractivity contribution in [2.45, 2.75) is 32.9 Å². The molecule has 1 heterocycles. The number of hydrogen-bond acceptors (Lipinski definition) is 4. The van der Waals surface area contributed by atoms with Gasteiger partial charge in [-0.15, -0.1) is 0 Å². The molecule has 2 aromatic rings. The number of para-hydroxylation sites is 1. The van der Waals surface area contributed by atoms with Crippen LogP contribution in [0, 0.1) is 5.92 Å². The molecule has 26 heavy (non-hydrogen) atoms. The van der Waals surface area contributed by atoms with E-state index in [0.717, 1.165) is 41.3 Å². The lowest BCUT2D eigenvalue weighted by Crippen LogP contribution is -2.37. The molecule has 4 heteroatoms. The monoisotopic (exact) mass is 355 g/mol. The Morgan fingerprint density at radius 1 is 1.08 bits per heavy atom. The summed E-state index contributed by atoms with van der Waals surface area (Å²) in [4.78, 5) is 2.39. The van der Waals surface area contributed by atoms with E-state index in [0.29, 0.717) is 18.6 Å². The Hall–Kier alpha value is -2.20. The van der Waals surface area contributed by atoms with Crippen molar-refractivity contribution >= 4 is 0 Å². The molecule has 0 spiro atoms. The number of likely N-dealkylation sites (N-methyl/N-ethyl adjacent to an activating group) is 1. The van der Waals surface area contributed by atoms with Gasteiger partial charge in [0.1, 0.15) is 12.4 Å². The lowest BCUT2D eigenvalue weighted by molar-refractivity contribution is 0.138. The lowest BCUT2D eigenvalue weighted by Gasteiger charge is -2.29. The largest absolute Gasteiger partial charge is 0.493 e.